The van der Waals surface area contributed by atoms with E-state index in [0.717, 1.165) is 0 Å². The number of benzene rings is 2. The molecule has 3 aliphatic carbocycles. The lowest BCUT2D eigenvalue weighted by molar-refractivity contribution is -0.311. The number of Topliss-reactive ketones (excluding diaryl/α,β-unsaturated/α-hetero) is 1. The summed E-state index contributed by atoms with van der Waals surface area (Å²) < 4.78 is 43.9. The third-order valence-electron chi connectivity index (χ3n) is 14.6. The number of ether oxygens (including phenoxy) is 6. The highest BCUT2D eigenvalue weighted by Gasteiger charge is 2.76. The molecular weight excluding hydrogens is 879 g/mol. The molecule has 0 radical (unpaired) electrons. The number of nitrogens with one attached hydrogen (secondary N) is 1. The van der Waals surface area contributed by atoms with Crippen LogP contribution in [0.2, 0.25) is 18.1 Å². The molecule has 2 aromatic rings. The molecule has 15 nitrogen and oxygen atoms in total. The van der Waals surface area contributed by atoms with Gasteiger partial charge < -0.3 is 43.3 Å². The number of aliphatic hydroxyl groups is 1. The number of fused-ring (bicyclic) bond motifs is 5. The fourth-order valence-electron chi connectivity index (χ4n) is 10.8. The molecule has 2 bridgehead atoms. The van der Waals surface area contributed by atoms with Crippen LogP contribution in [0.5, 0.6) is 0 Å². The molecule has 0 aromatic heterocycles. The molecule has 67 heavy (non-hydrogen) atoms. The smallest absolute Gasteiger partial charge is 0.408 e. The first-order chi connectivity index (χ1) is 31.3. The molecule has 1 aliphatic heterocycles. The number of hydrogen-bond donors (Lipinski definition) is 2. The van der Waals surface area contributed by atoms with Gasteiger partial charge in [0.05, 0.1) is 29.5 Å². The predicted octanol–water partition coefficient (Wildman–Crippen LogP) is 7.87. The Hall–Kier alpha value is -5.16. The van der Waals surface area contributed by atoms with Crippen LogP contribution in [0.15, 0.2) is 84.1 Å². The summed E-state index contributed by atoms with van der Waals surface area (Å²) in [7, 11) is -2.73. The van der Waals surface area contributed by atoms with E-state index in [2.05, 4.69) is 5.32 Å². The summed E-state index contributed by atoms with van der Waals surface area (Å²) >= 11 is 0. The Bertz CT molecular complexity index is 2280. The van der Waals surface area contributed by atoms with E-state index in [1.165, 1.54) is 13.8 Å². The van der Waals surface area contributed by atoms with Crippen LogP contribution in [0.25, 0.3) is 0 Å². The van der Waals surface area contributed by atoms with Crippen LogP contribution >= 0.6 is 0 Å². The van der Waals surface area contributed by atoms with Crippen LogP contribution in [0.4, 0.5) is 4.79 Å². The zero-order valence-corrected chi connectivity index (χ0v) is 41.8. The highest BCUT2D eigenvalue weighted by Crippen LogP contribution is 2.64. The number of esters is 4. The van der Waals surface area contributed by atoms with E-state index in [1.54, 1.807) is 121 Å². The monoisotopic (exact) mass is 945 g/mol. The minimum absolute atomic E-state index is 0.102. The van der Waals surface area contributed by atoms with Gasteiger partial charge in [-0.15, -0.1) is 0 Å². The summed E-state index contributed by atoms with van der Waals surface area (Å²) in [6.45, 7) is 19.9. The van der Waals surface area contributed by atoms with Gasteiger partial charge in [-0.1, -0.05) is 95.3 Å². The molecule has 364 valence electrons. The van der Waals surface area contributed by atoms with Crippen molar-refractivity contribution in [3.63, 3.8) is 0 Å². The maximum atomic E-state index is 15.6. The Morgan fingerprint density at radius 2 is 1.49 bits per heavy atom. The molecule has 0 spiro atoms. The van der Waals surface area contributed by atoms with Crippen molar-refractivity contribution in [3.05, 3.63) is 95.3 Å². The van der Waals surface area contributed by atoms with Gasteiger partial charge in [0, 0.05) is 31.6 Å². The molecule has 1 saturated carbocycles. The lowest BCUT2D eigenvalue weighted by Crippen LogP contribution is -2.79. The second kappa shape index (κ2) is 19.1. The fourth-order valence-corrected chi connectivity index (χ4v) is 13.6. The number of hydrogen-bond acceptors (Lipinski definition) is 14. The fraction of sp³-hybridized carbons (Fsp3) is 0.569. The van der Waals surface area contributed by atoms with Crippen molar-refractivity contribution >= 4 is 44.1 Å². The lowest BCUT2D eigenvalue weighted by atomic mass is 9.45. The molecule has 2 aromatic carbocycles. The number of alkyl carbamates (subject to hydrolysis) is 1. The standard InChI is InChI=1S/C51H67NO14Si/c1-13-67(14-2,15-3)66-40(38(33-22-18-16-19-23-33)52-46(58)65-47(7,8)9)45(57)62-35-28-51(59)43(63-44(56)34-24-20-17-21-25-34)41-49(12,27-26-36-50(41,29-60-36)64-32(6)54)42(55)39(61-31(5)53)37(30(35)4)48(51,10)11/h16-27,36-41,43,59H,13-15,28-29H2,1-12H3,(H,52,58)/t36-,37?,38+,39-,40-,41+,43+,49-,50+,51-/m1/s1. The summed E-state index contributed by atoms with van der Waals surface area (Å²) in [4.78, 5) is 85.4. The maximum Gasteiger partial charge on any atom is 0.408 e. The average molecular weight is 946 g/mol. The minimum atomic E-state index is -2.73. The summed E-state index contributed by atoms with van der Waals surface area (Å²) in [5.74, 6) is -6.57. The van der Waals surface area contributed by atoms with Crippen LogP contribution in [0, 0.1) is 22.7 Å². The van der Waals surface area contributed by atoms with E-state index in [0.29, 0.717) is 29.3 Å². The van der Waals surface area contributed by atoms with Crippen molar-refractivity contribution in [1.82, 2.24) is 5.32 Å². The van der Waals surface area contributed by atoms with Gasteiger partial charge in [0.1, 0.15) is 29.2 Å². The highest BCUT2D eigenvalue weighted by molar-refractivity contribution is 6.73. The molecule has 1 unspecified atom stereocenters. The second-order valence-corrected chi connectivity index (χ2v) is 24.9. The third kappa shape index (κ3) is 9.51. The maximum absolute atomic E-state index is 15.6. The van der Waals surface area contributed by atoms with Crippen LogP contribution < -0.4 is 5.32 Å². The van der Waals surface area contributed by atoms with Gasteiger partial charge >= 0.3 is 30.0 Å². The van der Waals surface area contributed by atoms with E-state index < -0.39 is 120 Å². The number of allylic oxidation sites excluding steroid dienone is 1. The van der Waals surface area contributed by atoms with E-state index in [1.807, 2.05) is 20.8 Å². The van der Waals surface area contributed by atoms with Crippen molar-refractivity contribution in [2.75, 3.05) is 6.61 Å². The SMILES string of the molecule is CC[Si](CC)(CC)O[C@@H](C(=O)OC1=C(C)C2[C@@H](OC(C)=O)C(=O)[C@]3(C)C=C[C@H]4OC[C@@]4(OC(C)=O)[C@H]3[C@H](OC(=O)c3ccccc3)[C@](O)(C1)C2(C)C)[C@@H](NC(=O)OC(C)(C)C)c1ccccc1. The molecule has 1 heterocycles. The zero-order valence-electron chi connectivity index (χ0n) is 40.8. The van der Waals surface area contributed by atoms with Gasteiger partial charge in [0.25, 0.3) is 0 Å². The Kier molecular flexibility index (Phi) is 14.6. The molecule has 1 saturated heterocycles. The average Bonchev–Trinajstić information content (AvgIpc) is 3.25. The molecule has 2 fully saturated rings. The Morgan fingerprint density at radius 1 is 0.896 bits per heavy atom. The van der Waals surface area contributed by atoms with Gasteiger partial charge in [0.2, 0.25) is 0 Å². The molecule has 16 heteroatoms. The number of carbonyl (C=O) groups excluding carboxylic acids is 6. The lowest BCUT2D eigenvalue weighted by Gasteiger charge is -2.65. The van der Waals surface area contributed by atoms with Crippen LogP contribution in [-0.2, 0) is 52.0 Å². The molecular formula is C51H67NO14Si. The Labute approximate surface area is 394 Å². The van der Waals surface area contributed by atoms with Crippen molar-refractivity contribution in [3.8, 4) is 0 Å². The van der Waals surface area contributed by atoms with Crippen molar-refractivity contribution < 1.29 is 66.7 Å². The largest absolute Gasteiger partial charge is 0.455 e. The van der Waals surface area contributed by atoms with E-state index in [-0.39, 0.29) is 17.9 Å². The van der Waals surface area contributed by atoms with Crippen molar-refractivity contribution in [2.24, 2.45) is 22.7 Å². The van der Waals surface area contributed by atoms with Crippen LogP contribution in [0.1, 0.15) is 111 Å². The Balaban J connectivity index is 1.59. The number of ketones is 1. The molecule has 4 aliphatic rings. The minimum Gasteiger partial charge on any atom is -0.455 e. The van der Waals surface area contributed by atoms with E-state index >= 15 is 9.59 Å². The first-order valence-electron chi connectivity index (χ1n) is 23.2. The summed E-state index contributed by atoms with van der Waals surface area (Å²) in [5.41, 5.74) is -7.13. The zero-order chi connectivity index (χ0) is 49.5. The first kappa shape index (κ1) is 51.2. The van der Waals surface area contributed by atoms with Gasteiger partial charge in [-0.25, -0.2) is 14.4 Å². The predicted molar refractivity (Wildman–Crippen MR) is 247 cm³/mol. The van der Waals surface area contributed by atoms with Gasteiger partial charge in [-0.3, -0.25) is 14.4 Å². The normalized spacial score (nSPS) is 29.6. The molecule has 6 rings (SSSR count). The molecule has 2 N–H and O–H groups in total. The number of carbonyl (C=O) groups is 6. The van der Waals surface area contributed by atoms with E-state index in [9.17, 15) is 24.3 Å². The van der Waals surface area contributed by atoms with Crippen LogP contribution in [-0.4, -0.2) is 97.0 Å². The quantitative estimate of drug-likeness (QED) is 0.0803. The molecule has 10 atom stereocenters. The third-order valence-corrected chi connectivity index (χ3v) is 19.2. The second-order valence-electron chi connectivity index (χ2n) is 20.1. The van der Waals surface area contributed by atoms with Crippen LogP contribution in [0.3, 0.4) is 0 Å². The topological polar surface area (TPSA) is 199 Å². The summed E-state index contributed by atoms with van der Waals surface area (Å²) in [5, 5.41) is 16.8. The van der Waals surface area contributed by atoms with Crippen molar-refractivity contribution in [2.45, 2.75) is 155 Å². The van der Waals surface area contributed by atoms with Gasteiger partial charge in [0.15, 0.2) is 31.9 Å². The van der Waals surface area contributed by atoms with Gasteiger partial charge in [-0.05, 0) is 76.0 Å². The number of amides is 1. The first-order valence-corrected chi connectivity index (χ1v) is 25.7. The number of rotatable bonds is 14. The highest BCUT2D eigenvalue weighted by atomic mass is 28.4. The van der Waals surface area contributed by atoms with Crippen molar-refractivity contribution in [1.29, 1.82) is 0 Å². The summed E-state index contributed by atoms with van der Waals surface area (Å²) in [6.07, 6.45) is -3.79. The molecule has 1 amide bonds. The Morgan fingerprint density at radius 3 is 2.01 bits per heavy atom. The summed E-state index contributed by atoms with van der Waals surface area (Å²) in [6, 6.07) is 17.7. The van der Waals surface area contributed by atoms with E-state index in [4.69, 9.17) is 32.8 Å². The van der Waals surface area contributed by atoms with Gasteiger partial charge in [-0.2, -0.15) is 0 Å².